The van der Waals surface area contributed by atoms with E-state index in [1.54, 1.807) is 24.3 Å². The zero-order valence-electron chi connectivity index (χ0n) is 14.4. The Balaban J connectivity index is 1.81. The number of carbonyl (C=O) groups excluding carboxylic acids is 1. The minimum atomic E-state index is -1.08. The lowest BCUT2D eigenvalue weighted by Crippen LogP contribution is -2.29. The third-order valence-corrected chi connectivity index (χ3v) is 3.63. The number of rotatable bonds is 8. The Kier molecular flexibility index (Phi) is 6.39. The molecule has 0 saturated carbocycles. The molecular formula is C19H22N2O4. The van der Waals surface area contributed by atoms with Gasteiger partial charge in [-0.1, -0.05) is 12.1 Å². The first-order chi connectivity index (χ1) is 12.0. The highest BCUT2D eigenvalue weighted by atomic mass is 16.5. The summed E-state index contributed by atoms with van der Waals surface area (Å²) < 4.78 is 5.68. The van der Waals surface area contributed by atoms with E-state index in [0.717, 1.165) is 12.1 Å². The number of carbonyl (C=O) groups is 2. The zero-order valence-corrected chi connectivity index (χ0v) is 14.4. The number of nitrogens with zero attached hydrogens (tertiary/aromatic N) is 1. The largest absolute Gasteiger partial charge is 0.493 e. The molecule has 0 aliphatic rings. The average Bonchev–Trinajstić information content (AvgIpc) is 2.60. The van der Waals surface area contributed by atoms with Gasteiger partial charge in [0, 0.05) is 31.8 Å². The molecule has 0 saturated heterocycles. The van der Waals surface area contributed by atoms with Gasteiger partial charge in [-0.15, -0.1) is 0 Å². The van der Waals surface area contributed by atoms with Crippen LogP contribution in [0.2, 0.25) is 0 Å². The molecule has 0 aliphatic heterocycles. The molecule has 6 nitrogen and oxygen atoms in total. The summed E-state index contributed by atoms with van der Waals surface area (Å²) in [6.45, 7) is 0.134. The second-order valence-electron chi connectivity index (χ2n) is 5.76. The molecule has 0 atom stereocenters. The van der Waals surface area contributed by atoms with Crippen LogP contribution in [0, 0.1) is 0 Å². The highest BCUT2D eigenvalue weighted by molar-refractivity contribution is 5.95. The van der Waals surface area contributed by atoms with Crippen molar-refractivity contribution in [2.45, 2.75) is 6.42 Å². The van der Waals surface area contributed by atoms with Gasteiger partial charge >= 0.3 is 5.97 Å². The van der Waals surface area contributed by atoms with Gasteiger partial charge in [-0.2, -0.15) is 0 Å². The van der Waals surface area contributed by atoms with E-state index in [9.17, 15) is 9.59 Å². The van der Waals surface area contributed by atoms with Crippen molar-refractivity contribution in [1.29, 1.82) is 0 Å². The predicted molar refractivity (Wildman–Crippen MR) is 96.4 cm³/mol. The monoisotopic (exact) mass is 342 g/mol. The second-order valence-corrected chi connectivity index (χ2v) is 5.76. The smallest absolute Gasteiger partial charge is 0.322 e. The molecule has 132 valence electrons. The van der Waals surface area contributed by atoms with Crippen molar-refractivity contribution in [3.8, 4) is 5.75 Å². The molecule has 2 rings (SSSR count). The van der Waals surface area contributed by atoms with Crippen LogP contribution >= 0.6 is 0 Å². The summed E-state index contributed by atoms with van der Waals surface area (Å²) >= 11 is 0. The number of nitrogens with one attached hydrogen (secondary N) is 1. The van der Waals surface area contributed by atoms with Gasteiger partial charge in [-0.3, -0.25) is 9.59 Å². The maximum atomic E-state index is 11.7. The third-order valence-electron chi connectivity index (χ3n) is 3.63. The third kappa shape index (κ3) is 5.84. The molecular weight excluding hydrogens is 320 g/mol. The normalized spacial score (nSPS) is 10.2. The fourth-order valence-electron chi connectivity index (χ4n) is 2.21. The standard InChI is InChI=1S/C19H22N2O4/c1-21(2)16-7-3-14(4-8-16)11-12-25-17-9-5-15(6-10-17)19(24)20-13-18(22)23/h3-10H,11-13H2,1-2H3,(H,20,24)(H,22,23). The van der Waals surface area contributed by atoms with Gasteiger partial charge in [0.25, 0.3) is 5.91 Å². The Bertz CT molecular complexity index is 709. The molecule has 1 amide bonds. The molecule has 0 unspecified atom stereocenters. The number of aliphatic carboxylic acids is 1. The molecule has 0 bridgehead atoms. The number of anilines is 1. The summed E-state index contributed by atoms with van der Waals surface area (Å²) in [5, 5.41) is 10.9. The average molecular weight is 342 g/mol. The van der Waals surface area contributed by atoms with Crippen LogP contribution in [0.5, 0.6) is 5.75 Å². The van der Waals surface area contributed by atoms with Crippen LogP contribution in [0.25, 0.3) is 0 Å². The Labute approximate surface area is 147 Å². The van der Waals surface area contributed by atoms with E-state index in [0.29, 0.717) is 17.9 Å². The minimum Gasteiger partial charge on any atom is -0.493 e. The lowest BCUT2D eigenvalue weighted by Gasteiger charge is -2.13. The zero-order chi connectivity index (χ0) is 18.2. The number of hydrogen-bond donors (Lipinski definition) is 2. The first-order valence-electron chi connectivity index (χ1n) is 7.95. The van der Waals surface area contributed by atoms with Gasteiger partial charge in [0.2, 0.25) is 0 Å². The molecule has 25 heavy (non-hydrogen) atoms. The van der Waals surface area contributed by atoms with Gasteiger partial charge in [0.15, 0.2) is 0 Å². The van der Waals surface area contributed by atoms with Crippen LogP contribution in [0.15, 0.2) is 48.5 Å². The minimum absolute atomic E-state index is 0.396. The fraction of sp³-hybridized carbons (Fsp3) is 0.263. The number of carboxylic acid groups (broad SMARTS) is 1. The van der Waals surface area contributed by atoms with Crippen molar-refractivity contribution >= 4 is 17.6 Å². The lowest BCUT2D eigenvalue weighted by atomic mass is 10.1. The van der Waals surface area contributed by atoms with Gasteiger partial charge in [0.05, 0.1) is 6.61 Å². The topological polar surface area (TPSA) is 78.9 Å². The molecule has 0 radical (unpaired) electrons. The Morgan fingerprint density at radius 1 is 1.04 bits per heavy atom. The number of ether oxygens (including phenoxy) is 1. The summed E-state index contributed by atoms with van der Waals surface area (Å²) in [5.74, 6) is -0.832. The van der Waals surface area contributed by atoms with E-state index >= 15 is 0 Å². The maximum absolute atomic E-state index is 11.7. The summed E-state index contributed by atoms with van der Waals surface area (Å²) in [4.78, 5) is 24.2. The van der Waals surface area contributed by atoms with E-state index in [1.165, 1.54) is 5.56 Å². The molecule has 0 fully saturated rings. The van der Waals surface area contributed by atoms with Gasteiger partial charge in [-0.25, -0.2) is 0 Å². The Morgan fingerprint density at radius 2 is 1.68 bits per heavy atom. The number of benzene rings is 2. The predicted octanol–water partition coefficient (Wildman–Crippen LogP) is 2.19. The summed E-state index contributed by atoms with van der Waals surface area (Å²) in [7, 11) is 4.01. The molecule has 0 spiro atoms. The SMILES string of the molecule is CN(C)c1ccc(CCOc2ccc(C(=O)NCC(=O)O)cc2)cc1. The van der Waals surface area contributed by atoms with E-state index in [-0.39, 0.29) is 0 Å². The summed E-state index contributed by atoms with van der Waals surface area (Å²) in [6.07, 6.45) is 0.786. The van der Waals surface area contributed by atoms with Crippen molar-refractivity contribution in [1.82, 2.24) is 5.32 Å². The van der Waals surface area contributed by atoms with E-state index < -0.39 is 18.4 Å². The Morgan fingerprint density at radius 3 is 2.24 bits per heavy atom. The molecule has 2 N–H and O–H groups in total. The van der Waals surface area contributed by atoms with Gasteiger partial charge in [0.1, 0.15) is 12.3 Å². The van der Waals surface area contributed by atoms with Crippen LogP contribution in [0.3, 0.4) is 0 Å². The van der Waals surface area contributed by atoms with Gasteiger partial charge in [-0.05, 0) is 42.0 Å². The van der Waals surface area contributed by atoms with Crippen molar-refractivity contribution in [2.24, 2.45) is 0 Å². The van der Waals surface area contributed by atoms with Crippen molar-refractivity contribution in [3.63, 3.8) is 0 Å². The van der Waals surface area contributed by atoms with E-state index in [2.05, 4.69) is 34.5 Å². The molecule has 2 aromatic carbocycles. The molecule has 2 aromatic rings. The first kappa shape index (κ1) is 18.3. The highest BCUT2D eigenvalue weighted by Gasteiger charge is 2.07. The second kappa shape index (κ2) is 8.73. The highest BCUT2D eigenvalue weighted by Crippen LogP contribution is 2.15. The van der Waals surface area contributed by atoms with Crippen molar-refractivity contribution in [2.75, 3.05) is 32.1 Å². The van der Waals surface area contributed by atoms with Crippen molar-refractivity contribution in [3.05, 3.63) is 59.7 Å². The van der Waals surface area contributed by atoms with Gasteiger partial charge < -0.3 is 20.1 Å². The molecule has 0 aliphatic carbocycles. The van der Waals surface area contributed by atoms with E-state index in [1.807, 2.05) is 14.1 Å². The van der Waals surface area contributed by atoms with E-state index in [4.69, 9.17) is 9.84 Å². The van der Waals surface area contributed by atoms with Crippen LogP contribution in [0.1, 0.15) is 15.9 Å². The van der Waals surface area contributed by atoms with Crippen LogP contribution in [-0.2, 0) is 11.2 Å². The number of amides is 1. The molecule has 0 heterocycles. The summed E-state index contributed by atoms with van der Waals surface area (Å²) in [6, 6.07) is 14.9. The quantitative estimate of drug-likeness (QED) is 0.769. The number of carboxylic acids is 1. The fourth-order valence-corrected chi connectivity index (χ4v) is 2.21. The lowest BCUT2D eigenvalue weighted by molar-refractivity contribution is -0.135. The molecule has 0 aromatic heterocycles. The summed E-state index contributed by atoms with van der Waals surface area (Å²) in [5.41, 5.74) is 2.74. The first-order valence-corrected chi connectivity index (χ1v) is 7.95. The number of hydrogen-bond acceptors (Lipinski definition) is 4. The van der Waals surface area contributed by atoms with Crippen molar-refractivity contribution < 1.29 is 19.4 Å². The Hall–Kier alpha value is -3.02. The maximum Gasteiger partial charge on any atom is 0.322 e. The van der Waals surface area contributed by atoms with Crippen LogP contribution in [0.4, 0.5) is 5.69 Å². The van der Waals surface area contributed by atoms with Crippen LogP contribution < -0.4 is 15.0 Å². The molecule has 6 heteroatoms. The van der Waals surface area contributed by atoms with Crippen LogP contribution in [-0.4, -0.2) is 44.2 Å².